The molecule has 7 heteroatoms. The van der Waals surface area contributed by atoms with Crippen LogP contribution in [0.1, 0.15) is 10.4 Å². The van der Waals surface area contributed by atoms with Crippen molar-refractivity contribution in [2.45, 2.75) is 0 Å². The number of benzene rings is 1. The highest BCUT2D eigenvalue weighted by molar-refractivity contribution is 9.10. The van der Waals surface area contributed by atoms with Crippen molar-refractivity contribution in [3.63, 3.8) is 0 Å². The Hall–Kier alpha value is -0.980. The summed E-state index contributed by atoms with van der Waals surface area (Å²) in [6.45, 7) is 0. The predicted octanol–water partition coefficient (Wildman–Crippen LogP) is 4.65. The number of hydrogen-bond acceptors (Lipinski definition) is 2. The van der Waals surface area contributed by atoms with E-state index < -0.39 is 11.7 Å². The maximum atomic E-state index is 13.5. The first kappa shape index (κ1) is 14.4. The van der Waals surface area contributed by atoms with Crippen molar-refractivity contribution in [2.24, 2.45) is 0 Å². The van der Waals surface area contributed by atoms with Crippen LogP contribution in [-0.4, -0.2) is 10.9 Å². The van der Waals surface area contributed by atoms with E-state index in [1.54, 1.807) is 6.07 Å². The number of pyridine rings is 1. The molecule has 2 rings (SSSR count). The van der Waals surface area contributed by atoms with Crippen LogP contribution in [0.2, 0.25) is 5.15 Å². The Morgan fingerprint density at radius 2 is 2.05 bits per heavy atom. The number of carbonyl (C=O) groups is 1. The van der Waals surface area contributed by atoms with Gasteiger partial charge in [-0.1, -0.05) is 27.5 Å². The summed E-state index contributed by atoms with van der Waals surface area (Å²) in [5.41, 5.74) is 0.362. The van der Waals surface area contributed by atoms with Gasteiger partial charge >= 0.3 is 0 Å². The predicted molar refractivity (Wildman–Crippen MR) is 79.0 cm³/mol. The van der Waals surface area contributed by atoms with E-state index in [0.717, 1.165) is 0 Å². The third-order valence-electron chi connectivity index (χ3n) is 2.23. The molecule has 0 aliphatic carbocycles. The summed E-state index contributed by atoms with van der Waals surface area (Å²) < 4.78 is 14.7. The molecule has 0 radical (unpaired) electrons. The molecule has 1 aromatic heterocycles. The zero-order chi connectivity index (χ0) is 14.0. The summed E-state index contributed by atoms with van der Waals surface area (Å²) >= 11 is 12.1. The van der Waals surface area contributed by atoms with Gasteiger partial charge < -0.3 is 5.32 Å². The standard InChI is InChI=1S/C12H6Br2ClFN2O/c13-6-1-2-10(16)8(3-6)12(19)18-7-4-9(14)11(15)17-5-7/h1-5H,(H,18,19). The molecule has 0 spiro atoms. The van der Waals surface area contributed by atoms with E-state index in [1.807, 2.05) is 0 Å². The van der Waals surface area contributed by atoms with Crippen LogP contribution < -0.4 is 5.32 Å². The fourth-order valence-corrected chi connectivity index (χ4v) is 2.17. The fraction of sp³-hybridized carbons (Fsp3) is 0. The molecule has 0 bridgehead atoms. The molecule has 0 unspecified atom stereocenters. The molecule has 3 nitrogen and oxygen atoms in total. The van der Waals surface area contributed by atoms with Gasteiger partial charge in [-0.3, -0.25) is 4.79 Å². The third-order valence-corrected chi connectivity index (χ3v) is 3.85. The molecule has 98 valence electrons. The second-order valence-electron chi connectivity index (χ2n) is 3.57. The van der Waals surface area contributed by atoms with Gasteiger partial charge in [-0.15, -0.1) is 0 Å². The quantitative estimate of drug-likeness (QED) is 0.735. The molecule has 19 heavy (non-hydrogen) atoms. The normalized spacial score (nSPS) is 10.3. The van der Waals surface area contributed by atoms with Gasteiger partial charge in [0.15, 0.2) is 0 Å². The highest BCUT2D eigenvalue weighted by Gasteiger charge is 2.13. The van der Waals surface area contributed by atoms with Crippen LogP contribution in [0.15, 0.2) is 39.4 Å². The Morgan fingerprint density at radius 3 is 2.74 bits per heavy atom. The molecule has 0 aliphatic rings. The number of hydrogen-bond donors (Lipinski definition) is 1. The first-order valence-electron chi connectivity index (χ1n) is 5.05. The van der Waals surface area contributed by atoms with Gasteiger partial charge in [0.25, 0.3) is 5.91 Å². The monoisotopic (exact) mass is 406 g/mol. The SMILES string of the molecule is O=C(Nc1cnc(Cl)c(Br)c1)c1cc(Br)ccc1F. The summed E-state index contributed by atoms with van der Waals surface area (Å²) in [5, 5.41) is 2.83. The number of amides is 1. The van der Waals surface area contributed by atoms with E-state index in [9.17, 15) is 9.18 Å². The minimum absolute atomic E-state index is 0.0551. The summed E-state index contributed by atoms with van der Waals surface area (Å²) in [5.74, 6) is -1.16. The Bertz CT molecular complexity index is 652. The zero-order valence-electron chi connectivity index (χ0n) is 9.25. The molecule has 2 aromatic rings. The summed E-state index contributed by atoms with van der Waals surface area (Å²) in [4.78, 5) is 15.8. The van der Waals surface area contributed by atoms with Gasteiger partial charge in [0.05, 0.1) is 21.9 Å². The van der Waals surface area contributed by atoms with Crippen LogP contribution in [0.5, 0.6) is 0 Å². The van der Waals surface area contributed by atoms with E-state index in [0.29, 0.717) is 14.6 Å². The minimum atomic E-state index is -0.596. The Morgan fingerprint density at radius 1 is 1.32 bits per heavy atom. The van der Waals surface area contributed by atoms with E-state index in [4.69, 9.17) is 11.6 Å². The molecule has 0 aliphatic heterocycles. The van der Waals surface area contributed by atoms with Gasteiger partial charge in [0, 0.05) is 4.47 Å². The zero-order valence-corrected chi connectivity index (χ0v) is 13.2. The molecule has 1 heterocycles. The Kier molecular flexibility index (Phi) is 4.54. The minimum Gasteiger partial charge on any atom is -0.320 e. The maximum Gasteiger partial charge on any atom is 0.258 e. The van der Waals surface area contributed by atoms with Crippen molar-refractivity contribution in [1.29, 1.82) is 0 Å². The molecule has 1 N–H and O–H groups in total. The van der Waals surface area contributed by atoms with E-state index >= 15 is 0 Å². The molecule has 1 aromatic carbocycles. The number of nitrogens with zero attached hydrogens (tertiary/aromatic N) is 1. The Labute approximate surface area is 130 Å². The average Bonchev–Trinajstić information content (AvgIpc) is 2.36. The van der Waals surface area contributed by atoms with Gasteiger partial charge in [0.2, 0.25) is 0 Å². The second-order valence-corrected chi connectivity index (χ2v) is 5.70. The Balaban J connectivity index is 2.25. The van der Waals surface area contributed by atoms with Crippen LogP contribution in [0.3, 0.4) is 0 Å². The highest BCUT2D eigenvalue weighted by atomic mass is 79.9. The summed E-state index contributed by atoms with van der Waals surface area (Å²) in [7, 11) is 0. The van der Waals surface area contributed by atoms with Crippen molar-refractivity contribution in [3.05, 3.63) is 55.9 Å². The van der Waals surface area contributed by atoms with Crippen molar-refractivity contribution in [1.82, 2.24) is 4.98 Å². The maximum absolute atomic E-state index is 13.5. The first-order chi connectivity index (χ1) is 8.97. The average molecular weight is 408 g/mol. The van der Waals surface area contributed by atoms with E-state index in [-0.39, 0.29) is 10.7 Å². The lowest BCUT2D eigenvalue weighted by molar-refractivity contribution is 0.102. The first-order valence-corrected chi connectivity index (χ1v) is 7.01. The van der Waals surface area contributed by atoms with Gasteiger partial charge in [-0.05, 0) is 40.2 Å². The van der Waals surface area contributed by atoms with Crippen LogP contribution >= 0.6 is 43.5 Å². The smallest absolute Gasteiger partial charge is 0.258 e. The number of anilines is 1. The van der Waals surface area contributed by atoms with Gasteiger partial charge in [0.1, 0.15) is 11.0 Å². The van der Waals surface area contributed by atoms with Crippen molar-refractivity contribution in [3.8, 4) is 0 Å². The van der Waals surface area contributed by atoms with Crippen molar-refractivity contribution in [2.75, 3.05) is 5.32 Å². The highest BCUT2D eigenvalue weighted by Crippen LogP contribution is 2.23. The van der Waals surface area contributed by atoms with Gasteiger partial charge in [-0.2, -0.15) is 0 Å². The lowest BCUT2D eigenvalue weighted by atomic mass is 10.2. The number of nitrogens with one attached hydrogen (secondary N) is 1. The largest absolute Gasteiger partial charge is 0.320 e. The molecular weight excluding hydrogens is 402 g/mol. The number of halogens is 4. The number of rotatable bonds is 2. The van der Waals surface area contributed by atoms with E-state index in [1.165, 1.54) is 24.4 Å². The van der Waals surface area contributed by atoms with Crippen LogP contribution in [0, 0.1) is 5.82 Å². The molecule has 0 fully saturated rings. The summed E-state index contributed by atoms with van der Waals surface area (Å²) in [6.07, 6.45) is 1.39. The van der Waals surface area contributed by atoms with Gasteiger partial charge in [-0.25, -0.2) is 9.37 Å². The number of carbonyl (C=O) groups excluding carboxylic acids is 1. The van der Waals surface area contributed by atoms with Crippen molar-refractivity contribution >= 4 is 55.1 Å². The molecule has 0 atom stereocenters. The summed E-state index contributed by atoms with van der Waals surface area (Å²) in [6, 6.07) is 5.73. The van der Waals surface area contributed by atoms with Crippen molar-refractivity contribution < 1.29 is 9.18 Å². The van der Waals surface area contributed by atoms with Crippen LogP contribution in [-0.2, 0) is 0 Å². The molecule has 1 amide bonds. The second kappa shape index (κ2) is 5.98. The molecule has 0 saturated heterocycles. The third kappa shape index (κ3) is 3.52. The molecular formula is C12H6Br2ClFN2O. The molecule has 0 saturated carbocycles. The fourth-order valence-electron chi connectivity index (χ4n) is 1.36. The lowest BCUT2D eigenvalue weighted by Gasteiger charge is -2.07. The van der Waals surface area contributed by atoms with E-state index in [2.05, 4.69) is 42.2 Å². The van der Waals surface area contributed by atoms with Crippen LogP contribution in [0.4, 0.5) is 10.1 Å². The van der Waals surface area contributed by atoms with Crippen LogP contribution in [0.25, 0.3) is 0 Å². The lowest BCUT2D eigenvalue weighted by Crippen LogP contribution is -2.14. The topological polar surface area (TPSA) is 42.0 Å². The number of aromatic nitrogens is 1.